The molecule has 29 heavy (non-hydrogen) atoms. The fraction of sp³-hybridized carbons (Fsp3) is 0.333. The van der Waals surface area contributed by atoms with Gasteiger partial charge in [0.1, 0.15) is 12.4 Å². The molecule has 148 valence electrons. The van der Waals surface area contributed by atoms with Gasteiger partial charge in [-0.2, -0.15) is 5.10 Å². The largest absolute Gasteiger partial charge is 0.309 e. The van der Waals surface area contributed by atoms with Crippen LogP contribution in [-0.2, 0) is 20.9 Å². The van der Waals surface area contributed by atoms with Crippen LogP contribution in [0.2, 0.25) is 5.02 Å². The van der Waals surface area contributed by atoms with Gasteiger partial charge in [-0.15, -0.1) is 0 Å². The molecule has 2 aromatic rings. The zero-order chi connectivity index (χ0) is 20.1. The fourth-order valence-corrected chi connectivity index (χ4v) is 5.03. The molecule has 1 saturated heterocycles. The maximum absolute atomic E-state index is 12.7. The second-order valence-electron chi connectivity index (χ2n) is 7.81. The van der Waals surface area contributed by atoms with Crippen LogP contribution in [0.4, 0.5) is 5.82 Å². The van der Waals surface area contributed by atoms with Crippen LogP contribution >= 0.6 is 11.6 Å². The molecular formula is C21H19ClN4O3. The maximum atomic E-state index is 12.7. The number of aromatic nitrogens is 2. The Morgan fingerprint density at radius 2 is 1.86 bits per heavy atom. The van der Waals surface area contributed by atoms with Crippen LogP contribution in [-0.4, -0.2) is 38.9 Å². The van der Waals surface area contributed by atoms with Crippen molar-refractivity contribution in [3.8, 4) is 0 Å². The second-order valence-corrected chi connectivity index (χ2v) is 8.25. The number of nitrogens with one attached hydrogen (secondary N) is 1. The number of rotatable bonds is 5. The molecule has 0 spiro atoms. The van der Waals surface area contributed by atoms with E-state index in [1.54, 1.807) is 23.0 Å². The zero-order valence-corrected chi connectivity index (χ0v) is 16.2. The van der Waals surface area contributed by atoms with Crippen molar-refractivity contribution in [1.29, 1.82) is 0 Å². The number of nitrogens with zero attached hydrogens (tertiary/aromatic N) is 3. The lowest BCUT2D eigenvalue weighted by Crippen LogP contribution is -2.39. The topological polar surface area (TPSA) is 84.3 Å². The summed E-state index contributed by atoms with van der Waals surface area (Å²) >= 11 is 6.02. The average molecular weight is 411 g/mol. The first-order valence-electron chi connectivity index (χ1n) is 9.61. The Morgan fingerprint density at radius 3 is 2.55 bits per heavy atom. The van der Waals surface area contributed by atoms with Crippen LogP contribution in [0.5, 0.6) is 0 Å². The van der Waals surface area contributed by atoms with Gasteiger partial charge in [-0.3, -0.25) is 19.3 Å². The van der Waals surface area contributed by atoms with Crippen molar-refractivity contribution in [2.45, 2.75) is 13.0 Å². The summed E-state index contributed by atoms with van der Waals surface area (Å²) < 4.78 is 1.63. The molecule has 2 fully saturated rings. The van der Waals surface area contributed by atoms with E-state index in [0.717, 1.165) is 16.9 Å². The molecule has 2 bridgehead atoms. The number of halogens is 1. The van der Waals surface area contributed by atoms with Crippen LogP contribution < -0.4 is 5.32 Å². The Bertz CT molecular complexity index is 1020. The Kier molecular flexibility index (Phi) is 4.28. The van der Waals surface area contributed by atoms with Gasteiger partial charge in [-0.25, -0.2) is 4.68 Å². The van der Waals surface area contributed by atoms with E-state index in [0.29, 0.717) is 17.4 Å². The third-order valence-electron chi connectivity index (χ3n) is 6.07. The summed E-state index contributed by atoms with van der Waals surface area (Å²) in [6.45, 7) is 0.163. The predicted molar refractivity (Wildman–Crippen MR) is 106 cm³/mol. The van der Waals surface area contributed by atoms with Crippen LogP contribution in [0.15, 0.2) is 48.7 Å². The minimum absolute atomic E-state index is 0.133. The molecule has 2 aliphatic carbocycles. The van der Waals surface area contributed by atoms with Crippen molar-refractivity contribution in [3.63, 3.8) is 0 Å². The Morgan fingerprint density at radius 1 is 1.14 bits per heavy atom. The molecule has 2 heterocycles. The average Bonchev–Trinajstić information content (AvgIpc) is 3.45. The molecular weight excluding hydrogens is 392 g/mol. The van der Waals surface area contributed by atoms with Gasteiger partial charge in [0, 0.05) is 11.1 Å². The molecule has 4 atom stereocenters. The molecule has 0 radical (unpaired) electrons. The number of anilines is 1. The van der Waals surface area contributed by atoms with E-state index in [9.17, 15) is 14.4 Å². The van der Waals surface area contributed by atoms with Crippen LogP contribution in [0.1, 0.15) is 12.0 Å². The Labute approximate surface area is 172 Å². The molecule has 1 N–H and O–H groups in total. The SMILES string of the molecule is O=C(CN1C(=O)[C@H]2[C@H](C1=O)[C@H]1C=C[C@H]2C1)Nc1ccnn1Cc1cccc(Cl)c1. The molecule has 1 aliphatic heterocycles. The van der Waals surface area contributed by atoms with Gasteiger partial charge in [-0.05, 0) is 36.0 Å². The summed E-state index contributed by atoms with van der Waals surface area (Å²) in [7, 11) is 0. The molecule has 8 heteroatoms. The monoisotopic (exact) mass is 410 g/mol. The Balaban J connectivity index is 1.26. The quantitative estimate of drug-likeness (QED) is 0.605. The van der Waals surface area contributed by atoms with Gasteiger partial charge < -0.3 is 5.32 Å². The number of allylic oxidation sites excluding steroid dienone is 2. The number of hydrogen-bond donors (Lipinski definition) is 1. The second kappa shape index (κ2) is 6.84. The van der Waals surface area contributed by atoms with Crippen molar-refractivity contribution < 1.29 is 14.4 Å². The van der Waals surface area contributed by atoms with E-state index in [2.05, 4.69) is 10.4 Å². The smallest absolute Gasteiger partial charge is 0.245 e. The van der Waals surface area contributed by atoms with Crippen molar-refractivity contribution in [2.75, 3.05) is 11.9 Å². The van der Waals surface area contributed by atoms with E-state index < -0.39 is 5.91 Å². The minimum atomic E-state index is -0.417. The highest BCUT2D eigenvalue weighted by molar-refractivity contribution is 6.30. The maximum Gasteiger partial charge on any atom is 0.245 e. The van der Waals surface area contributed by atoms with Crippen LogP contribution in [0.25, 0.3) is 0 Å². The molecule has 1 aromatic heterocycles. The predicted octanol–water partition coefficient (Wildman–Crippen LogP) is 2.33. The fourth-order valence-electron chi connectivity index (χ4n) is 4.82. The van der Waals surface area contributed by atoms with E-state index in [4.69, 9.17) is 11.6 Å². The molecule has 5 rings (SSSR count). The lowest BCUT2D eigenvalue weighted by atomic mass is 9.85. The number of imide groups is 1. The molecule has 1 aromatic carbocycles. The number of benzene rings is 1. The normalized spacial score (nSPS) is 27.0. The zero-order valence-electron chi connectivity index (χ0n) is 15.5. The summed E-state index contributed by atoms with van der Waals surface area (Å²) in [4.78, 5) is 39.2. The van der Waals surface area contributed by atoms with Crippen molar-refractivity contribution in [1.82, 2.24) is 14.7 Å². The van der Waals surface area contributed by atoms with Gasteiger partial charge in [0.15, 0.2) is 0 Å². The number of amides is 3. The summed E-state index contributed by atoms with van der Waals surface area (Å²) in [5.74, 6) is -0.686. The number of carbonyl (C=O) groups is 3. The Hall–Kier alpha value is -2.93. The number of likely N-dealkylation sites (tertiary alicyclic amines) is 1. The molecule has 1 saturated carbocycles. The van der Waals surface area contributed by atoms with Gasteiger partial charge in [0.05, 0.1) is 24.6 Å². The summed E-state index contributed by atoms with van der Waals surface area (Å²) in [6, 6.07) is 9.06. The summed E-state index contributed by atoms with van der Waals surface area (Å²) in [5.41, 5.74) is 0.942. The first-order chi connectivity index (χ1) is 14.0. The first kappa shape index (κ1) is 18.1. The van der Waals surface area contributed by atoms with Gasteiger partial charge in [0.2, 0.25) is 17.7 Å². The highest BCUT2D eigenvalue weighted by Crippen LogP contribution is 2.52. The van der Waals surface area contributed by atoms with Gasteiger partial charge in [-0.1, -0.05) is 35.9 Å². The van der Waals surface area contributed by atoms with Gasteiger partial charge >= 0.3 is 0 Å². The minimum Gasteiger partial charge on any atom is -0.309 e. The number of hydrogen-bond acceptors (Lipinski definition) is 4. The number of fused-ring (bicyclic) bond motifs is 5. The third kappa shape index (κ3) is 3.06. The van der Waals surface area contributed by atoms with Crippen molar-refractivity contribution >= 4 is 35.1 Å². The third-order valence-corrected chi connectivity index (χ3v) is 6.30. The summed E-state index contributed by atoms with van der Waals surface area (Å²) in [5, 5.41) is 7.62. The van der Waals surface area contributed by atoms with Gasteiger partial charge in [0.25, 0.3) is 0 Å². The van der Waals surface area contributed by atoms with Crippen LogP contribution in [0.3, 0.4) is 0 Å². The van der Waals surface area contributed by atoms with Crippen molar-refractivity contribution in [3.05, 3.63) is 59.3 Å². The van der Waals surface area contributed by atoms with Crippen LogP contribution in [0, 0.1) is 23.7 Å². The lowest BCUT2D eigenvalue weighted by molar-refractivity contribution is -0.143. The first-order valence-corrected chi connectivity index (χ1v) is 9.99. The van der Waals surface area contributed by atoms with E-state index >= 15 is 0 Å². The molecule has 3 aliphatic rings. The standard InChI is InChI=1S/C21H19ClN4O3/c22-15-3-1-2-12(8-15)10-26-16(6-7-23-26)24-17(27)11-25-20(28)18-13-4-5-14(9-13)19(18)21(25)29/h1-8,13-14,18-19H,9-11H2,(H,24,27)/t13-,14-,18+,19+/m0/s1. The molecule has 7 nitrogen and oxygen atoms in total. The summed E-state index contributed by atoms with van der Waals surface area (Å²) in [6.07, 6.45) is 6.53. The van der Waals surface area contributed by atoms with E-state index in [1.807, 2.05) is 30.4 Å². The van der Waals surface area contributed by atoms with E-state index in [1.165, 1.54) is 0 Å². The number of carbonyl (C=O) groups excluding carboxylic acids is 3. The van der Waals surface area contributed by atoms with E-state index in [-0.39, 0.29) is 42.0 Å². The highest BCUT2D eigenvalue weighted by Gasteiger charge is 2.59. The molecule has 0 unspecified atom stereocenters. The molecule has 3 amide bonds. The lowest BCUT2D eigenvalue weighted by Gasteiger charge is -2.17. The highest BCUT2D eigenvalue weighted by atomic mass is 35.5. The van der Waals surface area contributed by atoms with Crippen molar-refractivity contribution in [2.24, 2.45) is 23.7 Å².